The molecule has 1 nitrogen and oxygen atoms in total. The zero-order valence-corrected chi connectivity index (χ0v) is 9.77. The van der Waals surface area contributed by atoms with Crippen LogP contribution in [0.1, 0.15) is 32.4 Å². The van der Waals surface area contributed by atoms with Gasteiger partial charge in [0.25, 0.3) is 0 Å². The van der Waals surface area contributed by atoms with E-state index in [1.807, 2.05) is 18.2 Å². The molecule has 0 heterocycles. The van der Waals surface area contributed by atoms with E-state index in [1.54, 1.807) is 0 Å². The van der Waals surface area contributed by atoms with Gasteiger partial charge in [0.15, 0.2) is 0 Å². The van der Waals surface area contributed by atoms with Gasteiger partial charge in [-0.25, -0.2) is 0 Å². The van der Waals surface area contributed by atoms with E-state index in [0.29, 0.717) is 0 Å². The minimum absolute atomic E-state index is 0. The number of hydrogen-bond donors (Lipinski definition) is 1. The molecule has 78 valence electrons. The molecule has 1 aromatic carbocycles. The predicted molar refractivity (Wildman–Crippen MR) is 64.7 cm³/mol. The fourth-order valence-electron chi connectivity index (χ4n) is 1.22. The van der Waals surface area contributed by atoms with Crippen LogP contribution in [0.5, 0.6) is 0 Å². The summed E-state index contributed by atoms with van der Waals surface area (Å²) in [5.41, 5.74) is 9.82. The average Bonchev–Trinajstić information content (AvgIpc) is 2.17. The first-order valence-corrected chi connectivity index (χ1v) is 4.57. The van der Waals surface area contributed by atoms with Crippen molar-refractivity contribution in [1.29, 1.82) is 0 Å². The Morgan fingerprint density at radius 2 is 1.57 bits per heavy atom. The van der Waals surface area contributed by atoms with Crippen LogP contribution in [0.3, 0.4) is 0 Å². The minimum atomic E-state index is 0. The predicted octanol–water partition coefficient (Wildman–Crippen LogP) is 3.46. The molecular weight excluding hydrogens is 194 g/mol. The molecule has 0 bridgehead atoms. The number of halogens is 1. The first-order valence-electron chi connectivity index (χ1n) is 4.57. The van der Waals surface area contributed by atoms with Gasteiger partial charge in [-0.2, -0.15) is 0 Å². The molecule has 1 unspecified atom stereocenters. The normalized spacial score (nSPS) is 11.4. The molecule has 0 fully saturated rings. The Morgan fingerprint density at radius 1 is 1.07 bits per heavy atom. The summed E-state index contributed by atoms with van der Waals surface area (Å²) >= 11 is 0. The topological polar surface area (TPSA) is 26.0 Å². The summed E-state index contributed by atoms with van der Waals surface area (Å²) in [4.78, 5) is 0. The standard InChI is InChI=1S/C12H17N.ClH/c1-9(2)10(3)12(13)11-7-5-4-6-8-11;/h4-8,12H,13H2,1-3H3;1H. The lowest BCUT2D eigenvalue weighted by Gasteiger charge is -2.14. The van der Waals surface area contributed by atoms with Crippen LogP contribution in [-0.2, 0) is 0 Å². The summed E-state index contributed by atoms with van der Waals surface area (Å²) < 4.78 is 0. The van der Waals surface area contributed by atoms with Gasteiger partial charge in [-0.3, -0.25) is 0 Å². The van der Waals surface area contributed by atoms with Crippen LogP contribution in [0.15, 0.2) is 41.5 Å². The van der Waals surface area contributed by atoms with Crippen molar-refractivity contribution in [2.75, 3.05) is 0 Å². The highest BCUT2D eigenvalue weighted by molar-refractivity contribution is 5.85. The quantitative estimate of drug-likeness (QED) is 0.745. The summed E-state index contributed by atoms with van der Waals surface area (Å²) in [6.45, 7) is 6.28. The molecule has 0 radical (unpaired) electrons. The summed E-state index contributed by atoms with van der Waals surface area (Å²) in [6, 6.07) is 10.2. The van der Waals surface area contributed by atoms with E-state index in [9.17, 15) is 0 Å². The molecule has 0 saturated carbocycles. The Morgan fingerprint density at radius 3 is 2.00 bits per heavy atom. The number of allylic oxidation sites excluding steroid dienone is 1. The SMILES string of the molecule is CC(C)=C(C)C(N)c1ccccc1.Cl. The monoisotopic (exact) mass is 211 g/mol. The van der Waals surface area contributed by atoms with Crippen LogP contribution in [0, 0.1) is 0 Å². The third kappa shape index (κ3) is 3.17. The number of hydrogen-bond acceptors (Lipinski definition) is 1. The minimum Gasteiger partial charge on any atom is -0.321 e. The van der Waals surface area contributed by atoms with Gasteiger partial charge in [0.05, 0.1) is 6.04 Å². The molecule has 0 amide bonds. The maximum Gasteiger partial charge on any atom is 0.0510 e. The molecule has 1 rings (SSSR count). The van der Waals surface area contributed by atoms with Gasteiger partial charge in [-0.05, 0) is 26.3 Å². The molecule has 0 aliphatic carbocycles. The van der Waals surface area contributed by atoms with Crippen molar-refractivity contribution in [1.82, 2.24) is 0 Å². The lowest BCUT2D eigenvalue weighted by molar-refractivity contribution is 0.830. The largest absolute Gasteiger partial charge is 0.321 e. The molecule has 0 aliphatic rings. The third-order valence-electron chi connectivity index (χ3n) is 2.41. The molecule has 2 heteroatoms. The van der Waals surface area contributed by atoms with Crippen molar-refractivity contribution in [3.05, 3.63) is 47.0 Å². The van der Waals surface area contributed by atoms with E-state index in [4.69, 9.17) is 5.73 Å². The number of benzene rings is 1. The van der Waals surface area contributed by atoms with E-state index in [1.165, 1.54) is 16.7 Å². The van der Waals surface area contributed by atoms with Crippen LogP contribution in [0.25, 0.3) is 0 Å². The fourth-order valence-corrected chi connectivity index (χ4v) is 1.22. The first kappa shape index (κ1) is 13.2. The van der Waals surface area contributed by atoms with Crippen molar-refractivity contribution in [2.45, 2.75) is 26.8 Å². The maximum atomic E-state index is 6.08. The van der Waals surface area contributed by atoms with Crippen LogP contribution >= 0.6 is 12.4 Å². The van der Waals surface area contributed by atoms with Crippen molar-refractivity contribution < 1.29 is 0 Å². The Labute approximate surface area is 92.4 Å². The van der Waals surface area contributed by atoms with Crippen LogP contribution in [0.4, 0.5) is 0 Å². The highest BCUT2D eigenvalue weighted by atomic mass is 35.5. The zero-order chi connectivity index (χ0) is 9.84. The van der Waals surface area contributed by atoms with E-state index in [2.05, 4.69) is 32.9 Å². The molecule has 0 aliphatic heterocycles. The number of rotatable bonds is 2. The second-order valence-corrected chi connectivity index (χ2v) is 3.57. The van der Waals surface area contributed by atoms with Gasteiger partial charge < -0.3 is 5.73 Å². The van der Waals surface area contributed by atoms with Crippen molar-refractivity contribution in [3.63, 3.8) is 0 Å². The summed E-state index contributed by atoms with van der Waals surface area (Å²) in [5, 5.41) is 0. The Hall–Kier alpha value is -0.790. The van der Waals surface area contributed by atoms with Crippen LogP contribution in [-0.4, -0.2) is 0 Å². The Kier molecular flexibility index (Phi) is 5.51. The zero-order valence-electron chi connectivity index (χ0n) is 8.95. The summed E-state index contributed by atoms with van der Waals surface area (Å²) in [6.07, 6.45) is 0. The van der Waals surface area contributed by atoms with Crippen molar-refractivity contribution in [2.24, 2.45) is 5.73 Å². The van der Waals surface area contributed by atoms with Gasteiger partial charge in [-0.15, -0.1) is 12.4 Å². The lowest BCUT2D eigenvalue weighted by Crippen LogP contribution is -2.12. The smallest absolute Gasteiger partial charge is 0.0510 e. The van der Waals surface area contributed by atoms with Gasteiger partial charge >= 0.3 is 0 Å². The molecule has 0 saturated heterocycles. The second kappa shape index (κ2) is 5.84. The second-order valence-electron chi connectivity index (χ2n) is 3.57. The molecule has 14 heavy (non-hydrogen) atoms. The van der Waals surface area contributed by atoms with E-state index < -0.39 is 0 Å². The highest BCUT2D eigenvalue weighted by Gasteiger charge is 2.07. The van der Waals surface area contributed by atoms with Crippen LogP contribution < -0.4 is 5.73 Å². The van der Waals surface area contributed by atoms with Crippen LogP contribution in [0.2, 0.25) is 0 Å². The van der Waals surface area contributed by atoms with Gasteiger partial charge in [-0.1, -0.05) is 41.5 Å². The first-order chi connectivity index (χ1) is 6.13. The lowest BCUT2D eigenvalue weighted by atomic mass is 9.98. The Balaban J connectivity index is 0.00000169. The van der Waals surface area contributed by atoms with Gasteiger partial charge in [0, 0.05) is 0 Å². The fraction of sp³-hybridized carbons (Fsp3) is 0.333. The molecule has 1 aromatic rings. The third-order valence-corrected chi connectivity index (χ3v) is 2.41. The molecule has 0 aromatic heterocycles. The van der Waals surface area contributed by atoms with E-state index in [0.717, 1.165) is 0 Å². The van der Waals surface area contributed by atoms with E-state index >= 15 is 0 Å². The number of nitrogens with two attached hydrogens (primary N) is 1. The van der Waals surface area contributed by atoms with Crippen molar-refractivity contribution >= 4 is 12.4 Å². The van der Waals surface area contributed by atoms with Crippen molar-refractivity contribution in [3.8, 4) is 0 Å². The summed E-state index contributed by atoms with van der Waals surface area (Å²) in [5.74, 6) is 0. The molecule has 0 spiro atoms. The molecular formula is C12H18ClN. The average molecular weight is 212 g/mol. The van der Waals surface area contributed by atoms with E-state index in [-0.39, 0.29) is 18.4 Å². The molecule has 1 atom stereocenters. The molecule has 2 N–H and O–H groups in total. The maximum absolute atomic E-state index is 6.08. The highest BCUT2D eigenvalue weighted by Crippen LogP contribution is 2.20. The van der Waals surface area contributed by atoms with Gasteiger partial charge in [0.2, 0.25) is 0 Å². The van der Waals surface area contributed by atoms with Gasteiger partial charge in [0.1, 0.15) is 0 Å². The Bertz CT molecular complexity index is 299. The summed E-state index contributed by atoms with van der Waals surface area (Å²) in [7, 11) is 0.